The van der Waals surface area contributed by atoms with Crippen molar-refractivity contribution in [2.24, 2.45) is 0 Å². The van der Waals surface area contributed by atoms with Gasteiger partial charge in [0.1, 0.15) is 0 Å². The Morgan fingerprint density at radius 1 is 1.38 bits per heavy atom. The molecule has 0 heterocycles. The van der Waals surface area contributed by atoms with E-state index in [0.717, 1.165) is 36.8 Å². The van der Waals surface area contributed by atoms with E-state index in [2.05, 4.69) is 52.3 Å². The summed E-state index contributed by atoms with van der Waals surface area (Å²) in [6.45, 7) is 4.12. The van der Waals surface area contributed by atoms with Crippen molar-refractivity contribution in [1.29, 1.82) is 0 Å². The molecule has 0 saturated carbocycles. The maximum atomic E-state index is 5.19. The van der Waals surface area contributed by atoms with Crippen molar-refractivity contribution in [3.8, 4) is 12.3 Å². The fraction of sp³-hybridized carbons (Fsp3) is 0.429. The van der Waals surface area contributed by atoms with Crippen LogP contribution in [0, 0.1) is 19.3 Å². The van der Waals surface area contributed by atoms with Crippen molar-refractivity contribution in [2.45, 2.75) is 32.7 Å². The first-order valence-corrected chi connectivity index (χ1v) is 6.42. The normalized spacial score (nSPS) is 10.1. The van der Waals surface area contributed by atoms with Gasteiger partial charge in [-0.3, -0.25) is 0 Å². The Labute approximate surface area is 107 Å². The zero-order chi connectivity index (χ0) is 11.8. The number of unbranched alkanes of at least 4 members (excludes halogenated alkanes) is 2. The van der Waals surface area contributed by atoms with Crippen LogP contribution in [-0.2, 0) is 6.54 Å². The second-order valence-corrected chi connectivity index (χ2v) is 4.82. The lowest BCUT2D eigenvalue weighted by Gasteiger charge is -2.07. The zero-order valence-electron chi connectivity index (χ0n) is 9.72. The summed E-state index contributed by atoms with van der Waals surface area (Å²) >= 11 is 3.47. The van der Waals surface area contributed by atoms with Gasteiger partial charge in [0.25, 0.3) is 0 Å². The highest BCUT2D eigenvalue weighted by Crippen LogP contribution is 2.15. The second-order valence-electron chi connectivity index (χ2n) is 3.91. The molecular weight excluding hydrogens is 262 g/mol. The molecule has 0 aliphatic heterocycles. The molecule has 0 saturated heterocycles. The summed E-state index contributed by atoms with van der Waals surface area (Å²) in [6.07, 6.45) is 8.35. The van der Waals surface area contributed by atoms with Crippen molar-refractivity contribution < 1.29 is 0 Å². The van der Waals surface area contributed by atoms with Crippen molar-refractivity contribution in [3.05, 3.63) is 33.8 Å². The molecule has 0 aliphatic rings. The van der Waals surface area contributed by atoms with E-state index in [0.29, 0.717) is 0 Å². The molecule has 1 rings (SSSR count). The van der Waals surface area contributed by atoms with Crippen molar-refractivity contribution >= 4 is 15.9 Å². The highest BCUT2D eigenvalue weighted by Gasteiger charge is 1.98. The minimum atomic E-state index is 0.888. The third-order valence-electron chi connectivity index (χ3n) is 2.54. The number of rotatable bonds is 6. The molecule has 0 aromatic heterocycles. The van der Waals surface area contributed by atoms with Crippen LogP contribution in [0.5, 0.6) is 0 Å². The Balaban J connectivity index is 2.25. The number of aryl methyl sites for hydroxylation is 1. The van der Waals surface area contributed by atoms with Gasteiger partial charge in [0, 0.05) is 17.4 Å². The van der Waals surface area contributed by atoms with Crippen LogP contribution in [0.3, 0.4) is 0 Å². The quantitative estimate of drug-likeness (QED) is 0.619. The van der Waals surface area contributed by atoms with E-state index in [4.69, 9.17) is 6.42 Å². The SMILES string of the molecule is C#CCCCCNCc1ccc(Br)cc1C. The molecule has 86 valence electrons. The van der Waals surface area contributed by atoms with Crippen molar-refractivity contribution in [3.63, 3.8) is 0 Å². The molecule has 1 nitrogen and oxygen atoms in total. The highest BCUT2D eigenvalue weighted by molar-refractivity contribution is 9.10. The van der Waals surface area contributed by atoms with Crippen LogP contribution in [0.15, 0.2) is 22.7 Å². The summed E-state index contributed by atoms with van der Waals surface area (Å²) in [5.41, 5.74) is 2.69. The molecule has 0 bridgehead atoms. The summed E-state index contributed by atoms with van der Waals surface area (Å²) < 4.78 is 1.14. The Hall–Kier alpha value is -0.780. The van der Waals surface area contributed by atoms with Crippen LogP contribution in [0.1, 0.15) is 30.4 Å². The Bertz CT molecular complexity index is 365. The average Bonchev–Trinajstić information content (AvgIpc) is 2.26. The fourth-order valence-corrected chi connectivity index (χ4v) is 2.03. The predicted molar refractivity (Wildman–Crippen MR) is 73.3 cm³/mol. The first-order chi connectivity index (χ1) is 7.74. The van der Waals surface area contributed by atoms with E-state index in [1.54, 1.807) is 0 Å². The van der Waals surface area contributed by atoms with E-state index >= 15 is 0 Å². The standard InChI is InChI=1S/C14H18BrN/c1-3-4-5-6-9-16-11-13-7-8-14(15)10-12(13)2/h1,7-8,10,16H,4-6,9,11H2,2H3. The molecule has 0 amide bonds. The third-order valence-corrected chi connectivity index (χ3v) is 3.04. The Morgan fingerprint density at radius 2 is 2.19 bits per heavy atom. The third kappa shape index (κ3) is 4.83. The average molecular weight is 280 g/mol. The second kappa shape index (κ2) is 7.49. The van der Waals surface area contributed by atoms with E-state index in [1.165, 1.54) is 11.1 Å². The van der Waals surface area contributed by atoms with Crippen LogP contribution >= 0.6 is 15.9 Å². The molecule has 0 radical (unpaired) electrons. The molecule has 2 heteroatoms. The number of terminal acetylenes is 1. The van der Waals surface area contributed by atoms with Crippen molar-refractivity contribution in [2.75, 3.05) is 6.54 Å². The van der Waals surface area contributed by atoms with E-state index in [9.17, 15) is 0 Å². The van der Waals surface area contributed by atoms with Gasteiger partial charge in [0.2, 0.25) is 0 Å². The lowest BCUT2D eigenvalue weighted by molar-refractivity contribution is 0.628. The van der Waals surface area contributed by atoms with Gasteiger partial charge in [0.15, 0.2) is 0 Å². The summed E-state index contributed by atoms with van der Waals surface area (Å²) in [5, 5.41) is 3.44. The number of nitrogens with one attached hydrogen (secondary N) is 1. The largest absolute Gasteiger partial charge is 0.313 e. The molecule has 1 N–H and O–H groups in total. The van der Waals surface area contributed by atoms with Crippen LogP contribution < -0.4 is 5.32 Å². The van der Waals surface area contributed by atoms with Gasteiger partial charge < -0.3 is 5.32 Å². The molecule has 1 aromatic carbocycles. The van der Waals surface area contributed by atoms with Gasteiger partial charge >= 0.3 is 0 Å². The fourth-order valence-electron chi connectivity index (χ4n) is 1.56. The highest BCUT2D eigenvalue weighted by atomic mass is 79.9. The predicted octanol–water partition coefficient (Wildman–Crippen LogP) is 3.65. The summed E-state index contributed by atoms with van der Waals surface area (Å²) in [7, 11) is 0. The van der Waals surface area contributed by atoms with E-state index < -0.39 is 0 Å². The monoisotopic (exact) mass is 279 g/mol. The molecule has 0 fully saturated rings. The smallest absolute Gasteiger partial charge is 0.0208 e. The first kappa shape index (κ1) is 13.3. The number of benzene rings is 1. The van der Waals surface area contributed by atoms with Gasteiger partial charge in [-0.15, -0.1) is 12.3 Å². The van der Waals surface area contributed by atoms with Crippen LogP contribution in [0.2, 0.25) is 0 Å². The van der Waals surface area contributed by atoms with Gasteiger partial charge in [-0.2, -0.15) is 0 Å². The lowest BCUT2D eigenvalue weighted by Crippen LogP contribution is -2.15. The number of hydrogen-bond donors (Lipinski definition) is 1. The summed E-state index contributed by atoms with van der Waals surface area (Å²) in [4.78, 5) is 0. The van der Waals surface area contributed by atoms with Gasteiger partial charge in [-0.25, -0.2) is 0 Å². The summed E-state index contributed by atoms with van der Waals surface area (Å²) in [6, 6.07) is 6.39. The topological polar surface area (TPSA) is 12.0 Å². The molecule has 0 spiro atoms. The Kier molecular flexibility index (Phi) is 6.22. The van der Waals surface area contributed by atoms with Gasteiger partial charge in [0.05, 0.1) is 0 Å². The van der Waals surface area contributed by atoms with Crippen LogP contribution in [0.25, 0.3) is 0 Å². The van der Waals surface area contributed by atoms with Crippen molar-refractivity contribution in [1.82, 2.24) is 5.32 Å². The molecule has 0 atom stereocenters. The molecule has 16 heavy (non-hydrogen) atoms. The minimum absolute atomic E-state index is 0.888. The maximum Gasteiger partial charge on any atom is 0.0208 e. The molecular formula is C14H18BrN. The molecule has 0 unspecified atom stereocenters. The summed E-state index contributed by atoms with van der Waals surface area (Å²) in [5.74, 6) is 2.66. The molecule has 1 aromatic rings. The molecule has 0 aliphatic carbocycles. The minimum Gasteiger partial charge on any atom is -0.313 e. The Morgan fingerprint density at radius 3 is 2.88 bits per heavy atom. The lowest BCUT2D eigenvalue weighted by atomic mass is 10.1. The van der Waals surface area contributed by atoms with Crippen LogP contribution in [0.4, 0.5) is 0 Å². The number of hydrogen-bond acceptors (Lipinski definition) is 1. The zero-order valence-corrected chi connectivity index (χ0v) is 11.3. The van der Waals surface area contributed by atoms with Gasteiger partial charge in [-0.1, -0.05) is 22.0 Å². The van der Waals surface area contributed by atoms with Crippen LogP contribution in [-0.4, -0.2) is 6.54 Å². The van der Waals surface area contributed by atoms with Gasteiger partial charge in [-0.05, 0) is 49.6 Å². The first-order valence-electron chi connectivity index (χ1n) is 5.63. The maximum absolute atomic E-state index is 5.19. The van der Waals surface area contributed by atoms with E-state index in [-0.39, 0.29) is 0 Å². The van der Waals surface area contributed by atoms with E-state index in [1.807, 2.05) is 0 Å². The number of halogens is 1.